The zero-order valence-electron chi connectivity index (χ0n) is 41.4. The third kappa shape index (κ3) is 11.1. The van der Waals surface area contributed by atoms with Gasteiger partial charge in [-0.25, -0.2) is 0 Å². The number of oxime groups is 1. The van der Waals surface area contributed by atoms with Crippen LogP contribution in [0.2, 0.25) is 0 Å². The second kappa shape index (κ2) is 23.8. The van der Waals surface area contributed by atoms with Crippen LogP contribution in [0, 0.1) is 23.7 Å². The van der Waals surface area contributed by atoms with Crippen molar-refractivity contribution in [2.75, 3.05) is 33.5 Å². The minimum Gasteiger partial charge on any atom is -0.496 e. The molecule has 71 heavy (non-hydrogen) atoms. The van der Waals surface area contributed by atoms with E-state index in [-0.39, 0.29) is 43.5 Å². The molecule has 0 bridgehead atoms. The number of rotatable bonds is 23. The molecule has 7 atom stereocenters. The number of carbonyl (C=O) groups excluding carboxylic acids is 2. The number of carbonyl (C=O) groups is 2. The second-order valence-electron chi connectivity index (χ2n) is 20.1. The fourth-order valence-corrected chi connectivity index (χ4v) is 12.4. The van der Waals surface area contributed by atoms with Crippen LogP contribution in [0.25, 0.3) is 10.8 Å². The van der Waals surface area contributed by atoms with Gasteiger partial charge in [0.1, 0.15) is 29.0 Å². The van der Waals surface area contributed by atoms with E-state index in [0.717, 1.165) is 104 Å². The van der Waals surface area contributed by atoms with E-state index >= 15 is 4.79 Å². The van der Waals surface area contributed by atoms with E-state index in [9.17, 15) is 15.0 Å². The molecule has 378 valence electrons. The van der Waals surface area contributed by atoms with E-state index in [1.807, 2.05) is 23.1 Å². The third-order valence-electron chi connectivity index (χ3n) is 15.8. The first-order valence-corrected chi connectivity index (χ1v) is 26.3. The van der Waals surface area contributed by atoms with Gasteiger partial charge in [-0.1, -0.05) is 98.3 Å². The topological polar surface area (TPSA) is 146 Å². The van der Waals surface area contributed by atoms with Gasteiger partial charge < -0.3 is 43.6 Å². The summed E-state index contributed by atoms with van der Waals surface area (Å²) < 4.78 is 33.1. The predicted molar refractivity (Wildman–Crippen MR) is 274 cm³/mol. The monoisotopic (exact) mass is 969 g/mol. The number of aliphatic hydroxyl groups is 2. The SMILES string of the molecule is C=CCOC12Oc3ccc(Oc4ccc(OC)c(C=O)c4)cc3C3C(CCCCO)C(CCCCO)C=C(C(=NOC4CCCCO4)CC1N(Cc1cccc4ccccc14)C(=O)CCC1CCCC1)C32. The molecule has 12 nitrogen and oxygen atoms in total. The summed E-state index contributed by atoms with van der Waals surface area (Å²) in [6.07, 6.45) is 17.8. The summed E-state index contributed by atoms with van der Waals surface area (Å²) in [5, 5.41) is 27.5. The van der Waals surface area contributed by atoms with E-state index in [1.54, 1.807) is 24.3 Å². The molecule has 3 aliphatic carbocycles. The van der Waals surface area contributed by atoms with Gasteiger partial charge in [0.25, 0.3) is 0 Å². The van der Waals surface area contributed by atoms with Crippen LogP contribution in [0.15, 0.2) is 108 Å². The Morgan fingerprint density at radius 1 is 0.901 bits per heavy atom. The van der Waals surface area contributed by atoms with Crippen molar-refractivity contribution in [3.05, 3.63) is 120 Å². The van der Waals surface area contributed by atoms with Gasteiger partial charge in [-0.2, -0.15) is 0 Å². The lowest BCUT2D eigenvalue weighted by atomic mass is 9.55. The fraction of sp³-hybridized carbons (Fsp3) is 0.508. The van der Waals surface area contributed by atoms with Crippen LogP contribution < -0.4 is 14.2 Å². The van der Waals surface area contributed by atoms with Gasteiger partial charge in [-0.15, -0.1) is 6.58 Å². The Hall–Kier alpha value is -5.53. The number of hydrogen-bond donors (Lipinski definition) is 2. The van der Waals surface area contributed by atoms with E-state index < -0.39 is 24.0 Å². The molecule has 2 aliphatic heterocycles. The Balaban J connectivity index is 1.24. The van der Waals surface area contributed by atoms with Crippen LogP contribution in [0.5, 0.6) is 23.0 Å². The molecule has 4 aromatic rings. The number of benzene rings is 4. The summed E-state index contributed by atoms with van der Waals surface area (Å²) in [5.74, 6) is 0.587. The number of allylic oxidation sites excluding steroid dienone is 1. The summed E-state index contributed by atoms with van der Waals surface area (Å²) in [5.41, 5.74) is 4.04. The molecule has 2 N–H and O–H groups in total. The van der Waals surface area contributed by atoms with Crippen molar-refractivity contribution in [1.82, 2.24) is 4.90 Å². The van der Waals surface area contributed by atoms with Crippen molar-refractivity contribution >= 4 is 28.7 Å². The standard InChI is InChI=1S/C59H72N2O10/c1-3-32-68-59-54(61(55(65)29-24-40-15-4-5-16-40)38-43-20-14-19-41-17-6-7-21-47(41)43)37-51(60-71-56-23-10-13-33-67-56)49-35-42(18-8-11-30-62)48(22-9-12-31-63)57(58(49)59)50-36-46(26-28-53(50)70-59)69-45-25-27-52(66-2)44(34-45)39-64/h3,6-7,14,17,19-21,25-28,34-36,39-40,42,48,54,56-58,62-63H,1,4-5,8-13,15-16,18,22-24,29-33,37-38H2,2H3. The number of methoxy groups -OCH3 is 1. The molecule has 0 spiro atoms. The predicted octanol–water partition coefficient (Wildman–Crippen LogP) is 11.6. The summed E-state index contributed by atoms with van der Waals surface area (Å²) >= 11 is 0. The molecular formula is C59H72N2O10. The molecule has 12 heteroatoms. The van der Waals surface area contributed by atoms with E-state index in [1.165, 1.54) is 20.0 Å². The average Bonchev–Trinajstić information content (AvgIpc) is 3.94. The summed E-state index contributed by atoms with van der Waals surface area (Å²) in [4.78, 5) is 36.1. The zero-order chi connectivity index (χ0) is 49.2. The second-order valence-corrected chi connectivity index (χ2v) is 20.1. The van der Waals surface area contributed by atoms with Gasteiger partial charge in [0.2, 0.25) is 18.0 Å². The number of aldehydes is 1. The summed E-state index contributed by atoms with van der Waals surface area (Å²) in [7, 11) is 1.53. The number of amides is 1. The van der Waals surface area contributed by atoms with Gasteiger partial charge in [-0.05, 0) is 121 Å². The smallest absolute Gasteiger partial charge is 0.239 e. The van der Waals surface area contributed by atoms with Gasteiger partial charge >= 0.3 is 0 Å². The van der Waals surface area contributed by atoms with Crippen molar-refractivity contribution in [3.8, 4) is 23.0 Å². The highest BCUT2D eigenvalue weighted by atomic mass is 16.8. The van der Waals surface area contributed by atoms with Crippen molar-refractivity contribution in [2.45, 2.75) is 133 Å². The first-order chi connectivity index (χ1) is 34.9. The number of unbranched alkanes of at least 4 members (excludes halogenated alkanes) is 2. The molecule has 7 unspecified atom stereocenters. The van der Waals surface area contributed by atoms with Crippen molar-refractivity contribution in [3.63, 3.8) is 0 Å². The minimum atomic E-state index is -1.42. The number of fused-ring (bicyclic) bond motifs is 3. The lowest BCUT2D eigenvalue weighted by Crippen LogP contribution is -2.70. The first kappa shape index (κ1) is 50.4. The summed E-state index contributed by atoms with van der Waals surface area (Å²) in [6.45, 7) is 5.40. The van der Waals surface area contributed by atoms with Crippen LogP contribution in [-0.2, 0) is 25.7 Å². The molecular weight excluding hydrogens is 897 g/mol. The van der Waals surface area contributed by atoms with Crippen LogP contribution in [0.1, 0.15) is 130 Å². The number of nitrogens with zero attached hydrogens (tertiary/aromatic N) is 2. The maximum atomic E-state index is 15.6. The highest BCUT2D eigenvalue weighted by molar-refractivity contribution is 6.03. The lowest BCUT2D eigenvalue weighted by Gasteiger charge is -2.60. The lowest BCUT2D eigenvalue weighted by molar-refractivity contribution is -0.258. The van der Waals surface area contributed by atoms with Crippen LogP contribution in [-0.4, -0.2) is 84.7 Å². The molecule has 9 rings (SSSR count). The molecule has 1 amide bonds. The maximum absolute atomic E-state index is 15.6. The van der Waals surface area contributed by atoms with E-state index in [2.05, 4.69) is 55.1 Å². The summed E-state index contributed by atoms with van der Waals surface area (Å²) in [6, 6.07) is 25.0. The molecule has 1 saturated heterocycles. The van der Waals surface area contributed by atoms with Gasteiger partial charge in [-0.3, -0.25) is 9.59 Å². The quantitative estimate of drug-likeness (QED) is 0.0319. The molecule has 4 aromatic carbocycles. The van der Waals surface area contributed by atoms with Crippen molar-refractivity contribution in [1.29, 1.82) is 0 Å². The Morgan fingerprint density at radius 3 is 2.45 bits per heavy atom. The molecule has 5 aliphatic rings. The number of aliphatic hydroxyl groups excluding tert-OH is 2. The largest absolute Gasteiger partial charge is 0.496 e. The van der Waals surface area contributed by atoms with Crippen molar-refractivity contribution < 1.29 is 48.3 Å². The van der Waals surface area contributed by atoms with Crippen LogP contribution in [0.4, 0.5) is 0 Å². The number of hydrogen-bond acceptors (Lipinski definition) is 11. The molecule has 3 fully saturated rings. The maximum Gasteiger partial charge on any atom is 0.239 e. The third-order valence-corrected chi connectivity index (χ3v) is 15.8. The Kier molecular flexibility index (Phi) is 16.9. The molecule has 0 aromatic heterocycles. The van der Waals surface area contributed by atoms with Gasteiger partial charge in [0.15, 0.2) is 6.29 Å². The zero-order valence-corrected chi connectivity index (χ0v) is 41.4. The van der Waals surface area contributed by atoms with Crippen LogP contribution in [0.3, 0.4) is 0 Å². The van der Waals surface area contributed by atoms with E-state index in [0.29, 0.717) is 73.3 Å². The molecule has 2 heterocycles. The molecule has 0 radical (unpaired) electrons. The first-order valence-electron chi connectivity index (χ1n) is 26.3. The van der Waals surface area contributed by atoms with Crippen LogP contribution >= 0.6 is 0 Å². The Morgan fingerprint density at radius 2 is 1.68 bits per heavy atom. The highest BCUT2D eigenvalue weighted by Crippen LogP contribution is 2.62. The average molecular weight is 969 g/mol. The molecule has 2 saturated carbocycles. The van der Waals surface area contributed by atoms with Gasteiger partial charge in [0, 0.05) is 50.5 Å². The minimum absolute atomic E-state index is 0.0217. The number of ether oxygens (including phenoxy) is 5. The normalized spacial score (nSPS) is 25.4. The fourth-order valence-electron chi connectivity index (χ4n) is 12.4. The Labute approximate surface area is 419 Å². The van der Waals surface area contributed by atoms with Gasteiger partial charge in [0.05, 0.1) is 37.5 Å². The highest BCUT2D eigenvalue weighted by Gasteiger charge is 2.65. The van der Waals surface area contributed by atoms with E-state index in [4.69, 9.17) is 33.7 Å². The van der Waals surface area contributed by atoms with Crippen molar-refractivity contribution in [2.24, 2.45) is 28.8 Å². The Bertz CT molecular complexity index is 2520.